The summed E-state index contributed by atoms with van der Waals surface area (Å²) < 4.78 is 0. The summed E-state index contributed by atoms with van der Waals surface area (Å²) >= 11 is 1.96. The van der Waals surface area contributed by atoms with Crippen molar-refractivity contribution in [3.8, 4) is 0 Å². The molecule has 116 valence electrons. The van der Waals surface area contributed by atoms with Crippen LogP contribution in [0.15, 0.2) is 54.7 Å². The third-order valence-electron chi connectivity index (χ3n) is 3.12. The van der Waals surface area contributed by atoms with Crippen molar-refractivity contribution in [2.75, 3.05) is 23.1 Å². The van der Waals surface area contributed by atoms with Crippen molar-refractivity contribution in [2.24, 2.45) is 0 Å². The summed E-state index contributed by atoms with van der Waals surface area (Å²) in [6, 6.07) is 15.4. The first-order valence-electron chi connectivity index (χ1n) is 7.29. The minimum Gasteiger partial charge on any atom is -0.307 e. The van der Waals surface area contributed by atoms with E-state index >= 15 is 0 Å². The summed E-state index contributed by atoms with van der Waals surface area (Å²) in [5, 5.41) is 3.19. The number of carbonyl (C=O) groups excluding carboxylic acids is 1. The molecule has 22 heavy (non-hydrogen) atoms. The highest BCUT2D eigenvalue weighted by Gasteiger charge is 2.12. The Morgan fingerprint density at radius 1 is 1.23 bits per heavy atom. The van der Waals surface area contributed by atoms with Crippen LogP contribution in [-0.4, -0.2) is 29.1 Å². The van der Waals surface area contributed by atoms with Gasteiger partial charge in [-0.3, -0.25) is 9.69 Å². The van der Waals surface area contributed by atoms with Gasteiger partial charge < -0.3 is 5.32 Å². The molecule has 1 aliphatic rings. The summed E-state index contributed by atoms with van der Waals surface area (Å²) in [5.74, 6) is 3.15. The molecule has 4 nitrogen and oxygen atoms in total. The van der Waals surface area contributed by atoms with Crippen LogP contribution in [0.25, 0.3) is 0 Å². The van der Waals surface area contributed by atoms with Crippen LogP contribution >= 0.6 is 11.8 Å². The van der Waals surface area contributed by atoms with Crippen LogP contribution in [0.4, 0.5) is 5.82 Å². The van der Waals surface area contributed by atoms with Crippen molar-refractivity contribution >= 4 is 23.5 Å². The molecule has 2 heterocycles. The van der Waals surface area contributed by atoms with E-state index in [-0.39, 0.29) is 5.91 Å². The normalized spacial score (nSPS) is 13.1. The number of carbonyl (C=O) groups is 1. The van der Waals surface area contributed by atoms with E-state index in [0.29, 0.717) is 12.4 Å². The molecule has 1 fully saturated rings. The number of nitrogens with zero attached hydrogens (tertiary/aromatic N) is 2. The highest BCUT2D eigenvalue weighted by atomic mass is 32.2. The van der Waals surface area contributed by atoms with E-state index < -0.39 is 0 Å². The Bertz CT molecular complexity index is 551. The zero-order valence-corrected chi connectivity index (χ0v) is 13.6. The van der Waals surface area contributed by atoms with Crippen molar-refractivity contribution in [1.29, 1.82) is 0 Å². The van der Waals surface area contributed by atoms with Gasteiger partial charge in [0.1, 0.15) is 5.82 Å². The standard InChI is InChI=1S/C14H14N2O.C3H7NS/c1-12(17)16(14-9-5-6-10-15-14)11-13-7-3-2-4-8-13;1-2-5-3-4-1/h2-10H,11H2,1H3;4H,1-3H2. The smallest absolute Gasteiger partial charge is 0.225 e. The number of rotatable bonds is 3. The molecule has 0 atom stereocenters. The fourth-order valence-electron chi connectivity index (χ4n) is 1.99. The van der Waals surface area contributed by atoms with Crippen LogP contribution in [0.2, 0.25) is 0 Å². The number of aromatic nitrogens is 1. The number of nitrogens with one attached hydrogen (secondary N) is 1. The lowest BCUT2D eigenvalue weighted by Crippen LogP contribution is -2.28. The lowest BCUT2D eigenvalue weighted by molar-refractivity contribution is -0.116. The topological polar surface area (TPSA) is 45.2 Å². The van der Waals surface area contributed by atoms with E-state index in [1.54, 1.807) is 18.0 Å². The second-order valence-corrected chi connectivity index (χ2v) is 5.94. The van der Waals surface area contributed by atoms with Crippen molar-refractivity contribution in [2.45, 2.75) is 13.5 Å². The molecular weight excluding hydrogens is 294 g/mol. The average molecular weight is 315 g/mol. The summed E-state index contributed by atoms with van der Waals surface area (Å²) in [6.07, 6.45) is 1.69. The molecule has 2 aromatic rings. The number of amides is 1. The van der Waals surface area contributed by atoms with Crippen LogP contribution in [0.5, 0.6) is 0 Å². The molecule has 0 spiro atoms. The Morgan fingerprint density at radius 2 is 2.00 bits per heavy atom. The Labute approximate surface area is 135 Å². The summed E-state index contributed by atoms with van der Waals surface area (Å²) in [5.41, 5.74) is 1.09. The minimum absolute atomic E-state index is 0.00690. The van der Waals surface area contributed by atoms with Gasteiger partial charge in [-0.2, -0.15) is 0 Å². The monoisotopic (exact) mass is 315 g/mol. The molecule has 0 unspecified atom stereocenters. The van der Waals surface area contributed by atoms with Crippen molar-refractivity contribution in [3.63, 3.8) is 0 Å². The van der Waals surface area contributed by atoms with E-state index in [9.17, 15) is 4.79 Å². The zero-order valence-electron chi connectivity index (χ0n) is 12.7. The number of benzene rings is 1. The van der Waals surface area contributed by atoms with Crippen LogP contribution in [-0.2, 0) is 11.3 Å². The van der Waals surface area contributed by atoms with E-state index in [1.807, 2.05) is 60.3 Å². The molecule has 1 aliphatic heterocycles. The van der Waals surface area contributed by atoms with Gasteiger partial charge >= 0.3 is 0 Å². The third-order valence-corrected chi connectivity index (χ3v) is 4.02. The van der Waals surface area contributed by atoms with Crippen LogP contribution in [0.1, 0.15) is 12.5 Å². The van der Waals surface area contributed by atoms with Gasteiger partial charge in [-0.1, -0.05) is 36.4 Å². The van der Waals surface area contributed by atoms with Crippen molar-refractivity contribution in [3.05, 3.63) is 60.3 Å². The number of anilines is 1. The predicted octanol–water partition coefficient (Wildman–Crippen LogP) is 2.92. The molecule has 0 radical (unpaired) electrons. The maximum atomic E-state index is 11.6. The van der Waals surface area contributed by atoms with Crippen LogP contribution in [0.3, 0.4) is 0 Å². The summed E-state index contributed by atoms with van der Waals surface area (Å²) in [4.78, 5) is 17.5. The molecular formula is C17H21N3OS. The fourth-order valence-corrected chi connectivity index (χ4v) is 2.72. The fraction of sp³-hybridized carbons (Fsp3) is 0.294. The molecule has 5 heteroatoms. The van der Waals surface area contributed by atoms with Gasteiger partial charge in [0.05, 0.1) is 6.54 Å². The lowest BCUT2D eigenvalue weighted by atomic mass is 10.2. The first-order valence-corrected chi connectivity index (χ1v) is 8.44. The van der Waals surface area contributed by atoms with E-state index in [2.05, 4.69) is 10.3 Å². The average Bonchev–Trinajstić information content (AvgIpc) is 3.14. The van der Waals surface area contributed by atoms with Gasteiger partial charge in [0, 0.05) is 31.3 Å². The second-order valence-electron chi connectivity index (χ2n) is 4.83. The second kappa shape index (κ2) is 9.23. The summed E-state index contributed by atoms with van der Waals surface area (Å²) in [6.45, 7) is 3.31. The van der Waals surface area contributed by atoms with E-state index in [4.69, 9.17) is 0 Å². The highest BCUT2D eigenvalue weighted by Crippen LogP contribution is 2.13. The largest absolute Gasteiger partial charge is 0.307 e. The molecule has 0 saturated carbocycles. The number of thioether (sulfide) groups is 1. The number of hydrogen-bond acceptors (Lipinski definition) is 4. The van der Waals surface area contributed by atoms with Crippen LogP contribution in [0, 0.1) is 0 Å². The van der Waals surface area contributed by atoms with Crippen LogP contribution < -0.4 is 10.2 Å². The quantitative estimate of drug-likeness (QED) is 0.946. The Balaban J connectivity index is 0.000000299. The molecule has 1 aromatic heterocycles. The SMILES string of the molecule is C1CSCN1.CC(=O)N(Cc1ccccc1)c1ccccn1. The Hall–Kier alpha value is -1.85. The van der Waals surface area contributed by atoms with Gasteiger partial charge in [0.2, 0.25) is 5.91 Å². The number of hydrogen-bond donors (Lipinski definition) is 1. The molecule has 0 aliphatic carbocycles. The highest BCUT2D eigenvalue weighted by molar-refractivity contribution is 7.99. The molecule has 1 N–H and O–H groups in total. The maximum Gasteiger partial charge on any atom is 0.225 e. The maximum absolute atomic E-state index is 11.6. The van der Waals surface area contributed by atoms with E-state index in [0.717, 1.165) is 5.56 Å². The lowest BCUT2D eigenvalue weighted by Gasteiger charge is -2.19. The molecule has 1 saturated heterocycles. The van der Waals surface area contributed by atoms with Crippen molar-refractivity contribution in [1.82, 2.24) is 10.3 Å². The van der Waals surface area contributed by atoms with Gasteiger partial charge in [-0.15, -0.1) is 11.8 Å². The number of pyridine rings is 1. The predicted molar refractivity (Wildman–Crippen MR) is 92.9 cm³/mol. The van der Waals surface area contributed by atoms with Gasteiger partial charge in [0.25, 0.3) is 0 Å². The van der Waals surface area contributed by atoms with E-state index in [1.165, 1.54) is 18.2 Å². The Kier molecular flexibility index (Phi) is 6.93. The zero-order chi connectivity index (χ0) is 15.6. The first kappa shape index (κ1) is 16.5. The van der Waals surface area contributed by atoms with Crippen molar-refractivity contribution < 1.29 is 4.79 Å². The van der Waals surface area contributed by atoms with Gasteiger partial charge in [-0.05, 0) is 17.7 Å². The first-order chi connectivity index (χ1) is 10.8. The molecule has 1 aromatic carbocycles. The Morgan fingerprint density at radius 3 is 2.50 bits per heavy atom. The minimum atomic E-state index is -0.00690. The molecule has 1 amide bonds. The van der Waals surface area contributed by atoms with Gasteiger partial charge in [-0.25, -0.2) is 4.98 Å². The molecule has 3 rings (SSSR count). The van der Waals surface area contributed by atoms with Gasteiger partial charge in [0.15, 0.2) is 0 Å². The third kappa shape index (κ3) is 5.50. The summed E-state index contributed by atoms with van der Waals surface area (Å²) in [7, 11) is 0. The molecule has 0 bridgehead atoms.